The highest BCUT2D eigenvalue weighted by atomic mass is 35.5. The first-order valence-corrected chi connectivity index (χ1v) is 7.95. The molecule has 1 aromatic rings. The van der Waals surface area contributed by atoms with Crippen LogP contribution < -0.4 is 10.5 Å². The van der Waals surface area contributed by atoms with Crippen LogP contribution in [0.2, 0.25) is 0 Å². The van der Waals surface area contributed by atoms with Gasteiger partial charge in [-0.1, -0.05) is 19.1 Å². The lowest BCUT2D eigenvalue weighted by molar-refractivity contribution is 0.1000. The summed E-state index contributed by atoms with van der Waals surface area (Å²) in [6.07, 6.45) is 0. The van der Waals surface area contributed by atoms with E-state index in [2.05, 4.69) is 4.72 Å². The van der Waals surface area contributed by atoms with E-state index in [0.717, 1.165) is 0 Å². The number of alkyl halides is 1. The minimum absolute atomic E-state index is 0.0218. The zero-order chi connectivity index (χ0) is 14.5. The summed E-state index contributed by atoms with van der Waals surface area (Å²) in [5, 5.41) is 0. The molecule has 0 aliphatic heterocycles. The van der Waals surface area contributed by atoms with E-state index in [4.69, 9.17) is 17.3 Å². The third kappa shape index (κ3) is 5.59. The number of amides is 1. The molecule has 0 bridgehead atoms. The Balaban J connectivity index is 2.66. The summed E-state index contributed by atoms with van der Waals surface area (Å²) in [5.41, 5.74) is 6.19. The van der Waals surface area contributed by atoms with Crippen molar-refractivity contribution in [2.45, 2.75) is 13.5 Å². The highest BCUT2D eigenvalue weighted by molar-refractivity contribution is 7.89. The van der Waals surface area contributed by atoms with Gasteiger partial charge < -0.3 is 5.73 Å². The van der Waals surface area contributed by atoms with Crippen molar-refractivity contribution in [1.82, 2.24) is 4.72 Å². The molecule has 1 rings (SSSR count). The molecule has 0 heterocycles. The van der Waals surface area contributed by atoms with E-state index in [9.17, 15) is 13.2 Å². The maximum absolute atomic E-state index is 11.7. The zero-order valence-corrected chi connectivity index (χ0v) is 12.2. The molecule has 0 aliphatic rings. The summed E-state index contributed by atoms with van der Waals surface area (Å²) in [6.45, 7) is 1.89. The average molecular weight is 305 g/mol. The van der Waals surface area contributed by atoms with Gasteiger partial charge in [-0.15, -0.1) is 11.6 Å². The van der Waals surface area contributed by atoms with Crippen molar-refractivity contribution in [3.8, 4) is 0 Å². The Bertz CT molecular complexity index is 546. The minimum Gasteiger partial charge on any atom is -0.366 e. The van der Waals surface area contributed by atoms with Gasteiger partial charge >= 0.3 is 0 Å². The summed E-state index contributed by atoms with van der Waals surface area (Å²) in [4.78, 5) is 11.0. The van der Waals surface area contributed by atoms with Crippen molar-refractivity contribution in [2.75, 3.05) is 11.6 Å². The van der Waals surface area contributed by atoms with E-state index in [1.54, 1.807) is 31.2 Å². The summed E-state index contributed by atoms with van der Waals surface area (Å²) in [5.74, 6) is -0.388. The van der Waals surface area contributed by atoms with Crippen LogP contribution in [0.5, 0.6) is 0 Å². The van der Waals surface area contributed by atoms with Crippen molar-refractivity contribution >= 4 is 27.5 Å². The standard InChI is InChI=1S/C12H17ClN2O3S/c1-9(6-13)8-19(17,18)15-7-10-3-2-4-11(5-10)12(14)16/h2-5,9,15H,6-8H2,1H3,(H2,14,16). The number of hydrogen-bond acceptors (Lipinski definition) is 3. The first-order chi connectivity index (χ1) is 8.84. The number of nitrogens with two attached hydrogens (primary N) is 1. The van der Waals surface area contributed by atoms with Gasteiger partial charge in [-0.05, 0) is 23.6 Å². The maximum Gasteiger partial charge on any atom is 0.248 e. The smallest absolute Gasteiger partial charge is 0.248 e. The molecule has 0 aliphatic carbocycles. The SMILES string of the molecule is CC(CCl)CS(=O)(=O)NCc1cccc(C(N)=O)c1. The number of sulfonamides is 1. The van der Waals surface area contributed by atoms with Crippen LogP contribution in [0.25, 0.3) is 0 Å². The highest BCUT2D eigenvalue weighted by Crippen LogP contribution is 2.07. The Morgan fingerprint density at radius 2 is 2.16 bits per heavy atom. The van der Waals surface area contributed by atoms with Gasteiger partial charge in [0.25, 0.3) is 0 Å². The van der Waals surface area contributed by atoms with E-state index >= 15 is 0 Å². The van der Waals surface area contributed by atoms with Crippen LogP contribution in [-0.2, 0) is 16.6 Å². The predicted octanol–water partition coefficient (Wildman–Crippen LogP) is 1.08. The van der Waals surface area contributed by atoms with Crippen LogP contribution in [-0.4, -0.2) is 26.0 Å². The van der Waals surface area contributed by atoms with Crippen molar-refractivity contribution < 1.29 is 13.2 Å². The fourth-order valence-electron chi connectivity index (χ4n) is 1.51. The molecule has 1 amide bonds. The van der Waals surface area contributed by atoms with Gasteiger partial charge in [-0.25, -0.2) is 13.1 Å². The number of carbonyl (C=O) groups is 1. The second-order valence-corrected chi connectivity index (χ2v) is 6.59. The molecule has 1 aromatic carbocycles. The molecule has 0 saturated heterocycles. The molecule has 0 aromatic heterocycles. The topological polar surface area (TPSA) is 89.3 Å². The van der Waals surface area contributed by atoms with Gasteiger partial charge in [-0.3, -0.25) is 4.79 Å². The van der Waals surface area contributed by atoms with Crippen molar-refractivity contribution in [1.29, 1.82) is 0 Å². The summed E-state index contributed by atoms with van der Waals surface area (Å²) >= 11 is 5.59. The van der Waals surface area contributed by atoms with E-state index in [1.807, 2.05) is 0 Å². The molecule has 7 heteroatoms. The predicted molar refractivity (Wildman–Crippen MR) is 75.5 cm³/mol. The summed E-state index contributed by atoms with van der Waals surface area (Å²) in [6, 6.07) is 6.52. The second-order valence-electron chi connectivity index (χ2n) is 4.43. The third-order valence-electron chi connectivity index (χ3n) is 2.48. The van der Waals surface area contributed by atoms with Gasteiger partial charge in [0.1, 0.15) is 0 Å². The number of benzene rings is 1. The van der Waals surface area contributed by atoms with Crippen molar-refractivity contribution in [3.63, 3.8) is 0 Å². The lowest BCUT2D eigenvalue weighted by Crippen LogP contribution is -2.29. The molecular formula is C12H17ClN2O3S. The van der Waals surface area contributed by atoms with Crippen LogP contribution in [0.1, 0.15) is 22.8 Å². The molecule has 106 valence electrons. The van der Waals surface area contributed by atoms with Gasteiger partial charge in [0.2, 0.25) is 15.9 Å². The monoisotopic (exact) mass is 304 g/mol. The van der Waals surface area contributed by atoms with Crippen molar-refractivity contribution in [2.24, 2.45) is 11.7 Å². The lowest BCUT2D eigenvalue weighted by atomic mass is 10.1. The molecule has 0 fully saturated rings. The molecule has 19 heavy (non-hydrogen) atoms. The molecule has 0 spiro atoms. The van der Waals surface area contributed by atoms with Crippen LogP contribution in [0.4, 0.5) is 0 Å². The molecule has 0 radical (unpaired) electrons. The number of nitrogens with one attached hydrogen (secondary N) is 1. The quantitative estimate of drug-likeness (QED) is 0.739. The van der Waals surface area contributed by atoms with Crippen LogP contribution in [0.15, 0.2) is 24.3 Å². The lowest BCUT2D eigenvalue weighted by Gasteiger charge is -2.10. The van der Waals surface area contributed by atoms with Crippen LogP contribution in [0.3, 0.4) is 0 Å². The Hall–Kier alpha value is -1.11. The maximum atomic E-state index is 11.7. The largest absolute Gasteiger partial charge is 0.366 e. The van der Waals surface area contributed by atoms with E-state index in [0.29, 0.717) is 11.1 Å². The zero-order valence-electron chi connectivity index (χ0n) is 10.6. The van der Waals surface area contributed by atoms with Crippen LogP contribution in [0, 0.1) is 5.92 Å². The fourth-order valence-corrected chi connectivity index (χ4v) is 3.12. The van der Waals surface area contributed by atoms with E-state index in [1.165, 1.54) is 0 Å². The Labute approximate surface area is 118 Å². The molecule has 3 N–H and O–H groups in total. The molecule has 5 nitrogen and oxygen atoms in total. The summed E-state index contributed by atoms with van der Waals surface area (Å²) < 4.78 is 25.9. The number of halogens is 1. The van der Waals surface area contributed by atoms with Crippen molar-refractivity contribution in [3.05, 3.63) is 35.4 Å². The van der Waals surface area contributed by atoms with E-state index in [-0.39, 0.29) is 24.1 Å². The number of rotatable bonds is 7. The normalized spacial score (nSPS) is 13.2. The molecule has 1 atom stereocenters. The minimum atomic E-state index is -3.37. The summed E-state index contributed by atoms with van der Waals surface area (Å²) in [7, 11) is -3.37. The second kappa shape index (κ2) is 6.88. The Morgan fingerprint density at radius 3 is 2.74 bits per heavy atom. The molecule has 1 unspecified atom stereocenters. The van der Waals surface area contributed by atoms with Gasteiger partial charge in [0.15, 0.2) is 0 Å². The Morgan fingerprint density at radius 1 is 1.47 bits per heavy atom. The van der Waals surface area contributed by atoms with E-state index < -0.39 is 15.9 Å². The molecule has 0 saturated carbocycles. The molecular weight excluding hydrogens is 288 g/mol. The number of carbonyl (C=O) groups excluding carboxylic acids is 1. The first kappa shape index (κ1) is 15.9. The fraction of sp³-hybridized carbons (Fsp3) is 0.417. The Kier molecular flexibility index (Phi) is 5.78. The third-order valence-corrected chi connectivity index (χ3v) is 4.59. The van der Waals surface area contributed by atoms with Gasteiger partial charge in [-0.2, -0.15) is 0 Å². The van der Waals surface area contributed by atoms with Gasteiger partial charge in [0.05, 0.1) is 5.75 Å². The van der Waals surface area contributed by atoms with Gasteiger partial charge in [0, 0.05) is 18.0 Å². The first-order valence-electron chi connectivity index (χ1n) is 5.76. The average Bonchev–Trinajstić information content (AvgIpc) is 2.36. The highest BCUT2D eigenvalue weighted by Gasteiger charge is 2.14. The number of primary amides is 1. The van der Waals surface area contributed by atoms with Crippen LogP contribution >= 0.6 is 11.6 Å². The number of hydrogen-bond donors (Lipinski definition) is 2.